The summed E-state index contributed by atoms with van der Waals surface area (Å²) in [4.78, 5) is 22.4. The van der Waals surface area contributed by atoms with Gasteiger partial charge in [-0.3, -0.25) is 20.0 Å². The van der Waals surface area contributed by atoms with Crippen molar-refractivity contribution in [3.63, 3.8) is 0 Å². The number of nitrogens with zero attached hydrogens (tertiary/aromatic N) is 2. The lowest BCUT2D eigenvalue weighted by Crippen LogP contribution is -2.29. The van der Waals surface area contributed by atoms with Crippen LogP contribution in [0.25, 0.3) is 0 Å². The molecule has 0 aliphatic heterocycles. The van der Waals surface area contributed by atoms with Gasteiger partial charge in [-0.15, -0.1) is 0 Å². The Hall–Kier alpha value is -2.90. The Morgan fingerprint density at radius 3 is 2.87 bits per heavy atom. The molecule has 3 rings (SSSR count). The van der Waals surface area contributed by atoms with Crippen LogP contribution in [-0.2, 0) is 0 Å². The van der Waals surface area contributed by atoms with E-state index in [9.17, 15) is 14.9 Å². The van der Waals surface area contributed by atoms with Gasteiger partial charge in [0.2, 0.25) is 0 Å². The van der Waals surface area contributed by atoms with Gasteiger partial charge in [0.1, 0.15) is 11.4 Å². The number of benzene rings is 1. The second-order valence-corrected chi connectivity index (χ2v) is 5.44. The van der Waals surface area contributed by atoms with Crippen molar-refractivity contribution >= 4 is 17.3 Å². The van der Waals surface area contributed by atoms with Crippen molar-refractivity contribution in [1.29, 1.82) is 0 Å². The van der Waals surface area contributed by atoms with Crippen molar-refractivity contribution in [1.82, 2.24) is 15.5 Å². The first-order valence-corrected chi connectivity index (χ1v) is 7.46. The van der Waals surface area contributed by atoms with Gasteiger partial charge >= 0.3 is 0 Å². The molecule has 2 aromatic rings. The van der Waals surface area contributed by atoms with Gasteiger partial charge in [-0.2, -0.15) is 5.10 Å². The summed E-state index contributed by atoms with van der Waals surface area (Å²) in [5, 5.41) is 23.5. The number of carbonyl (C=O) groups excluding carboxylic acids is 1. The minimum atomic E-state index is -0.440. The number of rotatable bonds is 7. The molecule has 8 heteroatoms. The fraction of sp³-hybridized carbons (Fsp3) is 0.333. The van der Waals surface area contributed by atoms with Crippen molar-refractivity contribution < 1.29 is 9.72 Å². The molecule has 1 fully saturated rings. The largest absolute Gasteiger partial charge is 0.378 e. The minimum absolute atomic E-state index is 0.0141. The lowest BCUT2D eigenvalue weighted by atomic mass is 10.2. The molecule has 1 saturated carbocycles. The summed E-state index contributed by atoms with van der Waals surface area (Å²) in [6.45, 7) is 0.729. The number of nitro benzene ring substituents is 1. The first kappa shape index (κ1) is 15.0. The molecule has 0 saturated heterocycles. The highest BCUT2D eigenvalue weighted by Gasteiger charge is 2.26. The van der Waals surface area contributed by atoms with Crippen LogP contribution in [0.1, 0.15) is 34.9 Å². The van der Waals surface area contributed by atoms with Crippen molar-refractivity contribution in [2.75, 3.05) is 18.4 Å². The lowest BCUT2D eigenvalue weighted by Gasteiger charge is -2.07. The molecule has 1 heterocycles. The molecule has 1 aromatic carbocycles. The van der Waals surface area contributed by atoms with Crippen LogP contribution in [0.5, 0.6) is 0 Å². The second-order valence-electron chi connectivity index (χ2n) is 5.44. The van der Waals surface area contributed by atoms with E-state index in [4.69, 9.17) is 0 Å². The first-order valence-electron chi connectivity index (χ1n) is 7.46. The Bertz CT molecular complexity index is 723. The predicted molar refractivity (Wildman–Crippen MR) is 84.5 cm³/mol. The molecular formula is C15H17N5O3. The summed E-state index contributed by atoms with van der Waals surface area (Å²) >= 11 is 0. The number of amides is 1. The average molecular weight is 315 g/mol. The van der Waals surface area contributed by atoms with E-state index in [1.807, 2.05) is 0 Å². The van der Waals surface area contributed by atoms with E-state index in [1.165, 1.54) is 6.07 Å². The second kappa shape index (κ2) is 6.47. The molecule has 120 valence electrons. The number of anilines is 1. The van der Waals surface area contributed by atoms with Crippen LogP contribution in [0, 0.1) is 10.1 Å². The van der Waals surface area contributed by atoms with Crippen molar-refractivity contribution in [3.05, 3.63) is 51.8 Å². The molecule has 1 aromatic heterocycles. The van der Waals surface area contributed by atoms with Gasteiger partial charge in [-0.05, 0) is 25.0 Å². The maximum Gasteiger partial charge on any atom is 0.292 e. The maximum absolute atomic E-state index is 12.0. The molecule has 0 bridgehead atoms. The summed E-state index contributed by atoms with van der Waals surface area (Å²) in [6, 6.07) is 8.18. The van der Waals surface area contributed by atoms with E-state index in [0.29, 0.717) is 30.4 Å². The van der Waals surface area contributed by atoms with Crippen LogP contribution in [-0.4, -0.2) is 34.1 Å². The molecule has 3 N–H and O–H groups in total. The van der Waals surface area contributed by atoms with Crippen LogP contribution >= 0.6 is 0 Å². The van der Waals surface area contributed by atoms with Crippen LogP contribution in [0.2, 0.25) is 0 Å². The standard InChI is InChI=1S/C15H17N5O3/c21-15(13-9-12(18-19-13)10-5-6-10)17-8-7-16-11-3-1-2-4-14(11)20(22)23/h1-4,9-10,16H,5-8H2,(H,17,21)(H,18,19). The molecule has 0 radical (unpaired) electrons. The molecule has 0 atom stereocenters. The number of nitro groups is 1. The SMILES string of the molecule is O=C(NCCNc1ccccc1[N+](=O)[O-])c1cc(C2CC2)[nH]n1. The third-order valence-electron chi connectivity index (χ3n) is 3.67. The number of nitrogens with one attached hydrogen (secondary N) is 3. The van der Waals surface area contributed by atoms with E-state index in [2.05, 4.69) is 20.8 Å². The number of para-hydroxylation sites is 2. The number of H-pyrrole nitrogens is 1. The van der Waals surface area contributed by atoms with Gasteiger partial charge in [0, 0.05) is 30.8 Å². The van der Waals surface area contributed by atoms with Gasteiger partial charge in [-0.25, -0.2) is 0 Å². The maximum atomic E-state index is 12.0. The van der Waals surface area contributed by atoms with E-state index in [0.717, 1.165) is 18.5 Å². The average Bonchev–Trinajstić information content (AvgIpc) is 3.28. The number of carbonyl (C=O) groups is 1. The lowest BCUT2D eigenvalue weighted by molar-refractivity contribution is -0.384. The van der Waals surface area contributed by atoms with Crippen LogP contribution in [0.4, 0.5) is 11.4 Å². The molecule has 1 amide bonds. The molecule has 0 unspecified atom stereocenters. The monoisotopic (exact) mass is 315 g/mol. The zero-order valence-corrected chi connectivity index (χ0v) is 12.4. The summed E-state index contributed by atoms with van der Waals surface area (Å²) in [5.74, 6) is 0.266. The molecule has 1 aliphatic rings. The van der Waals surface area contributed by atoms with Crippen molar-refractivity contribution in [2.45, 2.75) is 18.8 Å². The normalized spacial score (nSPS) is 13.6. The van der Waals surface area contributed by atoms with Gasteiger partial charge in [-0.1, -0.05) is 12.1 Å². The molecule has 8 nitrogen and oxygen atoms in total. The summed E-state index contributed by atoms with van der Waals surface area (Å²) in [7, 11) is 0. The number of aromatic nitrogens is 2. The Morgan fingerprint density at radius 1 is 1.35 bits per heavy atom. The van der Waals surface area contributed by atoms with Crippen LogP contribution < -0.4 is 10.6 Å². The minimum Gasteiger partial charge on any atom is -0.378 e. The zero-order valence-electron chi connectivity index (χ0n) is 12.4. The number of hydrogen-bond donors (Lipinski definition) is 3. The fourth-order valence-electron chi connectivity index (χ4n) is 2.30. The Balaban J connectivity index is 1.47. The number of hydrogen-bond acceptors (Lipinski definition) is 5. The van der Waals surface area contributed by atoms with E-state index >= 15 is 0 Å². The first-order chi connectivity index (χ1) is 11.1. The van der Waals surface area contributed by atoms with E-state index in [1.54, 1.807) is 24.3 Å². The van der Waals surface area contributed by atoms with E-state index < -0.39 is 4.92 Å². The summed E-state index contributed by atoms with van der Waals surface area (Å²) in [6.07, 6.45) is 2.28. The molecular weight excluding hydrogens is 298 g/mol. The van der Waals surface area contributed by atoms with Gasteiger partial charge < -0.3 is 10.6 Å². The highest BCUT2D eigenvalue weighted by Crippen LogP contribution is 2.38. The fourth-order valence-corrected chi connectivity index (χ4v) is 2.30. The molecule has 0 spiro atoms. The quantitative estimate of drug-likeness (QED) is 0.411. The van der Waals surface area contributed by atoms with Crippen molar-refractivity contribution in [2.24, 2.45) is 0 Å². The van der Waals surface area contributed by atoms with Gasteiger partial charge in [0.15, 0.2) is 0 Å². The van der Waals surface area contributed by atoms with Gasteiger partial charge in [0.05, 0.1) is 4.92 Å². The Kier molecular flexibility index (Phi) is 4.22. The van der Waals surface area contributed by atoms with Crippen LogP contribution in [0.15, 0.2) is 30.3 Å². The molecule has 23 heavy (non-hydrogen) atoms. The predicted octanol–water partition coefficient (Wildman–Crippen LogP) is 2.04. The smallest absolute Gasteiger partial charge is 0.292 e. The molecule has 1 aliphatic carbocycles. The zero-order chi connectivity index (χ0) is 16.2. The van der Waals surface area contributed by atoms with Crippen LogP contribution in [0.3, 0.4) is 0 Å². The third-order valence-corrected chi connectivity index (χ3v) is 3.67. The highest BCUT2D eigenvalue weighted by atomic mass is 16.6. The van der Waals surface area contributed by atoms with Gasteiger partial charge in [0.25, 0.3) is 11.6 Å². The highest BCUT2D eigenvalue weighted by molar-refractivity contribution is 5.92. The van der Waals surface area contributed by atoms with Crippen molar-refractivity contribution in [3.8, 4) is 0 Å². The summed E-state index contributed by atoms with van der Waals surface area (Å²) in [5.41, 5.74) is 1.83. The Labute approximate surface area is 132 Å². The van der Waals surface area contributed by atoms with E-state index in [-0.39, 0.29) is 11.6 Å². The topological polar surface area (TPSA) is 113 Å². The summed E-state index contributed by atoms with van der Waals surface area (Å²) < 4.78 is 0. The third kappa shape index (κ3) is 3.65. The number of aromatic amines is 1. The Morgan fingerprint density at radius 2 is 2.13 bits per heavy atom.